The molecule has 1 saturated carbocycles. The molecule has 4 N–H and O–H groups in total. The molecule has 51 heavy (non-hydrogen) atoms. The van der Waals surface area contributed by atoms with Crippen LogP contribution >= 0.6 is 7.37 Å². The Bertz CT molecular complexity index is 1370. The molecule has 2 heterocycles. The number of likely N-dealkylation sites (tertiary alicyclic amines) is 1. The van der Waals surface area contributed by atoms with Crippen LogP contribution in [0.15, 0.2) is 30.3 Å². The van der Waals surface area contributed by atoms with Gasteiger partial charge in [-0.1, -0.05) is 83.2 Å². The number of aliphatic carboxylic acids is 1. The SMILES string of the molecule is CCC(=O)OC(OP(=O)(CCCCc1ccccc1)CC(=O)N1C[C@H](C2CCCCC2)C[C@H]1C(=O)OC1OC(C(=O)O)C(O)C(O)C1O)C(C)C. The van der Waals surface area contributed by atoms with Crippen molar-refractivity contribution in [1.29, 1.82) is 0 Å². The van der Waals surface area contributed by atoms with Crippen LogP contribution in [0.1, 0.15) is 84.1 Å². The van der Waals surface area contributed by atoms with Gasteiger partial charge in [0.05, 0.1) is 0 Å². The maximum atomic E-state index is 14.6. The van der Waals surface area contributed by atoms with Gasteiger partial charge >= 0.3 is 17.9 Å². The summed E-state index contributed by atoms with van der Waals surface area (Å²) in [6.45, 7) is 5.32. The zero-order chi connectivity index (χ0) is 37.3. The Kier molecular flexibility index (Phi) is 15.0. The predicted molar refractivity (Wildman–Crippen MR) is 183 cm³/mol. The van der Waals surface area contributed by atoms with E-state index in [-0.39, 0.29) is 43.3 Å². The van der Waals surface area contributed by atoms with Crippen LogP contribution in [-0.2, 0) is 48.9 Å². The number of benzene rings is 1. The molecule has 2 saturated heterocycles. The maximum absolute atomic E-state index is 14.6. The Morgan fingerprint density at radius 2 is 1.65 bits per heavy atom. The monoisotopic (exact) mass is 739 g/mol. The zero-order valence-corrected chi connectivity index (χ0v) is 30.6. The summed E-state index contributed by atoms with van der Waals surface area (Å²) in [6, 6.07) is 8.61. The van der Waals surface area contributed by atoms with Gasteiger partial charge in [0.1, 0.15) is 30.5 Å². The molecule has 14 nitrogen and oxygen atoms in total. The lowest BCUT2D eigenvalue weighted by atomic mass is 9.79. The summed E-state index contributed by atoms with van der Waals surface area (Å²) in [6.07, 6.45) is -4.38. The summed E-state index contributed by atoms with van der Waals surface area (Å²) in [5.74, 6) is -4.00. The van der Waals surface area contributed by atoms with E-state index in [1.54, 1.807) is 20.8 Å². The van der Waals surface area contributed by atoms with Crippen molar-refractivity contribution < 1.29 is 62.9 Å². The van der Waals surface area contributed by atoms with Crippen molar-refractivity contribution >= 4 is 31.2 Å². The molecule has 286 valence electrons. The molecule has 1 aromatic carbocycles. The van der Waals surface area contributed by atoms with Crippen molar-refractivity contribution in [2.45, 2.75) is 128 Å². The van der Waals surface area contributed by atoms with Crippen LogP contribution < -0.4 is 0 Å². The minimum Gasteiger partial charge on any atom is -0.479 e. The van der Waals surface area contributed by atoms with Gasteiger partial charge in [-0.25, -0.2) is 9.59 Å². The molecule has 3 fully saturated rings. The highest BCUT2D eigenvalue weighted by atomic mass is 31.2. The number of rotatable bonds is 16. The van der Waals surface area contributed by atoms with Gasteiger partial charge in [0.25, 0.3) is 0 Å². The molecule has 9 atom stereocenters. The highest BCUT2D eigenvalue weighted by molar-refractivity contribution is 7.59. The second-order valence-electron chi connectivity index (χ2n) is 14.3. The minimum absolute atomic E-state index is 0.0341. The van der Waals surface area contributed by atoms with Crippen molar-refractivity contribution in [2.75, 3.05) is 18.9 Å². The molecular formula is C36H54NO13P. The largest absolute Gasteiger partial charge is 0.479 e. The number of carbonyl (C=O) groups excluding carboxylic acids is 3. The van der Waals surface area contributed by atoms with Crippen molar-refractivity contribution in [3.63, 3.8) is 0 Å². The molecule has 4 rings (SSSR count). The second-order valence-corrected chi connectivity index (χ2v) is 16.9. The first-order chi connectivity index (χ1) is 24.2. The number of ether oxygens (including phenoxy) is 3. The number of hydrogen-bond donors (Lipinski definition) is 4. The number of carboxylic acids is 1. The molecule has 0 radical (unpaired) electrons. The van der Waals surface area contributed by atoms with Crippen LogP contribution in [0.25, 0.3) is 0 Å². The highest BCUT2D eigenvalue weighted by Crippen LogP contribution is 2.51. The predicted octanol–water partition coefficient (Wildman–Crippen LogP) is 3.47. The number of aryl methyl sites for hydroxylation is 1. The fourth-order valence-corrected chi connectivity index (χ4v) is 9.43. The fraction of sp³-hybridized carbons (Fsp3) is 0.722. The number of esters is 2. The Balaban J connectivity index is 1.55. The fourth-order valence-electron chi connectivity index (χ4n) is 7.13. The van der Waals surface area contributed by atoms with Crippen LogP contribution in [0, 0.1) is 17.8 Å². The summed E-state index contributed by atoms with van der Waals surface area (Å²) in [5, 5.41) is 40.2. The first-order valence-electron chi connectivity index (χ1n) is 18.1. The van der Waals surface area contributed by atoms with E-state index in [0.717, 1.165) is 44.1 Å². The minimum atomic E-state index is -3.83. The third-order valence-corrected chi connectivity index (χ3v) is 12.4. The van der Waals surface area contributed by atoms with Gasteiger partial charge in [0, 0.05) is 25.0 Å². The lowest BCUT2D eigenvalue weighted by molar-refractivity contribution is -0.287. The standard InChI is InChI=1S/C36H54NO13P/c1-4-28(39)47-35(22(2)3)50-51(46,18-12-11-15-23-13-7-5-8-14-23)21-27(38)37-20-25(24-16-9-6-10-17-24)19-26(37)34(45)49-36-31(42)29(40)30(41)32(48-36)33(43)44/h5,7-8,13-14,22,24-26,29-32,35-36,40-42H,4,6,9-12,15-21H2,1-3H3,(H,43,44)/t25-,26+,29?,30?,31?,32?,35?,36?,51?/m1/s1. The van der Waals surface area contributed by atoms with Crippen LogP contribution in [0.3, 0.4) is 0 Å². The van der Waals surface area contributed by atoms with E-state index in [2.05, 4.69) is 0 Å². The van der Waals surface area contributed by atoms with Gasteiger partial charge in [0.15, 0.2) is 6.10 Å². The van der Waals surface area contributed by atoms with Crippen molar-refractivity contribution in [2.24, 2.45) is 17.8 Å². The molecule has 0 bridgehead atoms. The molecule has 0 spiro atoms. The van der Waals surface area contributed by atoms with Gasteiger partial charge in [-0.3, -0.25) is 18.7 Å². The summed E-state index contributed by atoms with van der Waals surface area (Å²) >= 11 is 0. The van der Waals surface area contributed by atoms with E-state index in [1.165, 1.54) is 4.90 Å². The highest BCUT2D eigenvalue weighted by Gasteiger charge is 2.51. The molecule has 1 aliphatic carbocycles. The number of aliphatic hydroxyl groups is 3. The molecule has 0 aromatic heterocycles. The number of carboxylic acid groups (broad SMARTS) is 1. The van der Waals surface area contributed by atoms with Crippen molar-refractivity contribution in [1.82, 2.24) is 4.90 Å². The summed E-state index contributed by atoms with van der Waals surface area (Å²) in [4.78, 5) is 53.1. The lowest BCUT2D eigenvalue weighted by Crippen LogP contribution is -2.61. The number of nitrogens with zero attached hydrogens (tertiary/aromatic N) is 1. The molecule has 7 unspecified atom stereocenters. The quantitative estimate of drug-likeness (QED) is 0.0831. The molecule has 3 aliphatic rings. The Hall–Kier alpha value is -2.87. The molecule has 2 aliphatic heterocycles. The zero-order valence-electron chi connectivity index (χ0n) is 29.7. The van der Waals surface area contributed by atoms with E-state index in [0.29, 0.717) is 12.8 Å². The average molecular weight is 740 g/mol. The topological polar surface area (TPSA) is 206 Å². The van der Waals surface area contributed by atoms with E-state index < -0.39 is 80.4 Å². The Morgan fingerprint density at radius 3 is 2.27 bits per heavy atom. The van der Waals surface area contributed by atoms with E-state index in [1.807, 2.05) is 30.3 Å². The summed E-state index contributed by atoms with van der Waals surface area (Å²) in [5.41, 5.74) is 1.11. The summed E-state index contributed by atoms with van der Waals surface area (Å²) in [7, 11) is -3.83. The summed E-state index contributed by atoms with van der Waals surface area (Å²) < 4.78 is 36.8. The number of aliphatic hydroxyl groups excluding tert-OH is 3. The lowest BCUT2D eigenvalue weighted by Gasteiger charge is -2.38. The first-order valence-corrected chi connectivity index (χ1v) is 20.1. The van der Waals surface area contributed by atoms with Crippen LogP contribution in [0.2, 0.25) is 0 Å². The van der Waals surface area contributed by atoms with Crippen LogP contribution in [-0.4, -0.2) is 111 Å². The van der Waals surface area contributed by atoms with Crippen molar-refractivity contribution in [3.8, 4) is 0 Å². The number of amides is 1. The first kappa shape index (κ1) is 40.9. The van der Waals surface area contributed by atoms with Crippen LogP contribution in [0.5, 0.6) is 0 Å². The van der Waals surface area contributed by atoms with Gasteiger partial charge in [-0.15, -0.1) is 0 Å². The van der Waals surface area contributed by atoms with E-state index in [4.69, 9.17) is 18.7 Å². The van der Waals surface area contributed by atoms with E-state index >= 15 is 0 Å². The Labute approximate surface area is 299 Å². The van der Waals surface area contributed by atoms with Gasteiger partial charge in [0.2, 0.25) is 25.9 Å². The molecule has 1 aromatic rings. The third-order valence-electron chi connectivity index (χ3n) is 10.1. The van der Waals surface area contributed by atoms with E-state index in [9.17, 15) is 44.2 Å². The smallest absolute Gasteiger partial charge is 0.335 e. The van der Waals surface area contributed by atoms with Crippen LogP contribution in [0.4, 0.5) is 0 Å². The van der Waals surface area contributed by atoms with Gasteiger partial charge < -0.3 is 39.5 Å². The average Bonchev–Trinajstić information content (AvgIpc) is 3.57. The number of hydrogen-bond acceptors (Lipinski definition) is 12. The Morgan fingerprint density at radius 1 is 0.961 bits per heavy atom. The van der Waals surface area contributed by atoms with Gasteiger partial charge in [-0.05, 0) is 43.1 Å². The molecule has 1 amide bonds. The molecule has 15 heteroatoms. The number of carbonyl (C=O) groups is 4. The third kappa shape index (κ3) is 11.1. The van der Waals surface area contributed by atoms with Gasteiger partial charge in [-0.2, -0.15) is 0 Å². The molecular weight excluding hydrogens is 685 g/mol. The maximum Gasteiger partial charge on any atom is 0.335 e. The van der Waals surface area contributed by atoms with Crippen molar-refractivity contribution in [3.05, 3.63) is 35.9 Å². The number of unbranched alkanes of at least 4 members (excludes halogenated alkanes) is 1. The second kappa shape index (κ2) is 18.8. The normalized spacial score (nSPS) is 28.9.